The molecule has 0 saturated heterocycles. The van der Waals surface area contributed by atoms with Gasteiger partial charge in [-0.25, -0.2) is 4.39 Å². The van der Waals surface area contributed by atoms with Gasteiger partial charge in [0.25, 0.3) is 0 Å². The summed E-state index contributed by atoms with van der Waals surface area (Å²) in [5, 5.41) is 11.9. The van der Waals surface area contributed by atoms with E-state index in [4.69, 9.17) is 5.11 Å². The van der Waals surface area contributed by atoms with Crippen LogP contribution in [0.3, 0.4) is 0 Å². The molecule has 2 nitrogen and oxygen atoms in total. The van der Waals surface area contributed by atoms with Gasteiger partial charge < -0.3 is 10.4 Å². The second-order valence-electron chi connectivity index (χ2n) is 3.69. The van der Waals surface area contributed by atoms with E-state index in [2.05, 4.69) is 27.9 Å². The molecule has 1 aromatic carbocycles. The van der Waals surface area contributed by atoms with Gasteiger partial charge in [-0.1, -0.05) is 12.8 Å². The molecule has 0 bridgehead atoms. The SMILES string of the molecule is OCCCCCCNc1ccc(F)cc1I. The Morgan fingerprint density at radius 2 is 1.94 bits per heavy atom. The molecule has 0 spiro atoms. The Hall–Kier alpha value is -0.360. The van der Waals surface area contributed by atoms with Crippen molar-refractivity contribution >= 4 is 28.3 Å². The zero-order chi connectivity index (χ0) is 11.8. The van der Waals surface area contributed by atoms with E-state index < -0.39 is 0 Å². The minimum Gasteiger partial charge on any atom is -0.396 e. The number of nitrogens with one attached hydrogen (secondary N) is 1. The van der Waals surface area contributed by atoms with Crippen molar-refractivity contribution in [2.45, 2.75) is 25.7 Å². The van der Waals surface area contributed by atoms with Crippen molar-refractivity contribution in [3.8, 4) is 0 Å². The fourth-order valence-corrected chi connectivity index (χ4v) is 2.11. The van der Waals surface area contributed by atoms with Gasteiger partial charge in [0, 0.05) is 22.4 Å². The van der Waals surface area contributed by atoms with Crippen LogP contribution in [0.5, 0.6) is 0 Å². The van der Waals surface area contributed by atoms with E-state index in [-0.39, 0.29) is 12.4 Å². The Morgan fingerprint density at radius 3 is 2.62 bits per heavy atom. The lowest BCUT2D eigenvalue weighted by Crippen LogP contribution is -2.03. The lowest BCUT2D eigenvalue weighted by Gasteiger charge is -2.08. The maximum Gasteiger partial charge on any atom is 0.124 e. The first-order valence-corrected chi connectivity index (χ1v) is 6.61. The lowest BCUT2D eigenvalue weighted by molar-refractivity contribution is 0.283. The molecule has 0 radical (unpaired) electrons. The molecule has 0 amide bonds. The number of halogens is 2. The molecule has 0 saturated carbocycles. The minimum absolute atomic E-state index is 0.196. The van der Waals surface area contributed by atoms with Gasteiger partial charge in [-0.05, 0) is 53.6 Å². The van der Waals surface area contributed by atoms with Gasteiger partial charge >= 0.3 is 0 Å². The predicted molar refractivity (Wildman–Crippen MR) is 73.2 cm³/mol. The molecule has 16 heavy (non-hydrogen) atoms. The maximum absolute atomic E-state index is 12.8. The first kappa shape index (κ1) is 13.7. The Kier molecular flexibility index (Phi) is 6.71. The highest BCUT2D eigenvalue weighted by Crippen LogP contribution is 2.18. The smallest absolute Gasteiger partial charge is 0.124 e. The fraction of sp³-hybridized carbons (Fsp3) is 0.500. The Morgan fingerprint density at radius 1 is 1.19 bits per heavy atom. The molecule has 0 aliphatic rings. The van der Waals surface area contributed by atoms with Crippen molar-refractivity contribution in [3.63, 3.8) is 0 Å². The van der Waals surface area contributed by atoms with Crippen LogP contribution in [-0.4, -0.2) is 18.3 Å². The van der Waals surface area contributed by atoms with E-state index in [9.17, 15) is 4.39 Å². The second-order valence-corrected chi connectivity index (χ2v) is 4.85. The average molecular weight is 337 g/mol. The minimum atomic E-state index is -0.196. The first-order chi connectivity index (χ1) is 7.74. The van der Waals surface area contributed by atoms with Gasteiger partial charge in [-0.2, -0.15) is 0 Å². The van der Waals surface area contributed by atoms with E-state index in [0.717, 1.165) is 41.5 Å². The van der Waals surface area contributed by atoms with Crippen LogP contribution in [0.25, 0.3) is 0 Å². The van der Waals surface area contributed by atoms with E-state index in [1.807, 2.05) is 0 Å². The molecule has 0 aliphatic carbocycles. The van der Waals surface area contributed by atoms with Crippen LogP contribution in [0.2, 0.25) is 0 Å². The zero-order valence-corrected chi connectivity index (χ0v) is 11.3. The predicted octanol–water partition coefficient (Wildman–Crippen LogP) is 3.39. The number of hydrogen-bond acceptors (Lipinski definition) is 2. The van der Waals surface area contributed by atoms with Crippen LogP contribution >= 0.6 is 22.6 Å². The molecule has 1 aromatic rings. The van der Waals surface area contributed by atoms with Crippen LogP contribution in [-0.2, 0) is 0 Å². The second kappa shape index (κ2) is 7.84. The molecule has 0 aliphatic heterocycles. The molecule has 4 heteroatoms. The molecular formula is C12H17FINO. The van der Waals surface area contributed by atoms with Crippen LogP contribution in [0, 0.1) is 9.39 Å². The summed E-state index contributed by atoms with van der Waals surface area (Å²) in [4.78, 5) is 0. The number of aliphatic hydroxyl groups is 1. The molecule has 0 fully saturated rings. The Balaban J connectivity index is 2.21. The van der Waals surface area contributed by atoms with E-state index in [0.29, 0.717) is 0 Å². The van der Waals surface area contributed by atoms with Crippen molar-refractivity contribution in [3.05, 3.63) is 27.6 Å². The molecule has 0 heterocycles. The first-order valence-electron chi connectivity index (χ1n) is 5.54. The highest BCUT2D eigenvalue weighted by atomic mass is 127. The number of aliphatic hydroxyl groups excluding tert-OH is 1. The number of anilines is 1. The quantitative estimate of drug-likeness (QED) is 0.590. The van der Waals surface area contributed by atoms with Crippen molar-refractivity contribution in [2.24, 2.45) is 0 Å². The van der Waals surface area contributed by atoms with Gasteiger partial charge in [-0.3, -0.25) is 0 Å². The van der Waals surface area contributed by atoms with E-state index >= 15 is 0 Å². The molecule has 0 unspecified atom stereocenters. The topological polar surface area (TPSA) is 32.3 Å². The normalized spacial score (nSPS) is 10.4. The standard InChI is InChI=1S/C12H17FINO/c13-10-5-6-12(11(14)9-10)15-7-3-1-2-4-8-16/h5-6,9,15-16H,1-4,7-8H2. The summed E-state index contributed by atoms with van der Waals surface area (Å²) in [6, 6.07) is 4.76. The molecule has 0 aromatic heterocycles. The highest BCUT2D eigenvalue weighted by molar-refractivity contribution is 14.1. The van der Waals surface area contributed by atoms with Crippen LogP contribution in [0.4, 0.5) is 10.1 Å². The average Bonchev–Trinajstić information content (AvgIpc) is 2.26. The van der Waals surface area contributed by atoms with Crippen molar-refractivity contribution in [1.82, 2.24) is 0 Å². The molecular weight excluding hydrogens is 320 g/mol. The number of benzene rings is 1. The fourth-order valence-electron chi connectivity index (χ4n) is 1.45. The molecule has 90 valence electrons. The summed E-state index contributed by atoms with van der Waals surface area (Å²) in [7, 11) is 0. The third kappa shape index (κ3) is 5.12. The van der Waals surface area contributed by atoms with Gasteiger partial charge in [0.15, 0.2) is 0 Å². The van der Waals surface area contributed by atoms with Crippen molar-refractivity contribution in [1.29, 1.82) is 0 Å². The summed E-state index contributed by atoms with van der Waals surface area (Å²) >= 11 is 2.12. The summed E-state index contributed by atoms with van der Waals surface area (Å²) < 4.78 is 13.7. The molecule has 2 N–H and O–H groups in total. The molecule has 1 rings (SSSR count). The third-order valence-electron chi connectivity index (χ3n) is 2.33. The van der Waals surface area contributed by atoms with Crippen LogP contribution in [0.15, 0.2) is 18.2 Å². The van der Waals surface area contributed by atoms with Crippen molar-refractivity contribution < 1.29 is 9.50 Å². The largest absolute Gasteiger partial charge is 0.396 e. The van der Waals surface area contributed by atoms with E-state index in [1.165, 1.54) is 12.1 Å². The summed E-state index contributed by atoms with van der Waals surface area (Å²) in [6.45, 7) is 1.18. The monoisotopic (exact) mass is 337 g/mol. The highest BCUT2D eigenvalue weighted by Gasteiger charge is 1.99. The maximum atomic E-state index is 12.8. The van der Waals surface area contributed by atoms with Gasteiger partial charge in [0.2, 0.25) is 0 Å². The lowest BCUT2D eigenvalue weighted by atomic mass is 10.2. The van der Waals surface area contributed by atoms with Gasteiger partial charge in [-0.15, -0.1) is 0 Å². The van der Waals surface area contributed by atoms with E-state index in [1.54, 1.807) is 6.07 Å². The third-order valence-corrected chi connectivity index (χ3v) is 3.22. The zero-order valence-electron chi connectivity index (χ0n) is 9.18. The molecule has 0 atom stereocenters. The number of unbranched alkanes of at least 4 members (excludes halogenated alkanes) is 3. The summed E-state index contributed by atoms with van der Waals surface area (Å²) in [5.41, 5.74) is 0.990. The Bertz CT molecular complexity index is 320. The van der Waals surface area contributed by atoms with Gasteiger partial charge in [0.05, 0.1) is 0 Å². The summed E-state index contributed by atoms with van der Waals surface area (Å²) in [6.07, 6.45) is 4.14. The van der Waals surface area contributed by atoms with Crippen molar-refractivity contribution in [2.75, 3.05) is 18.5 Å². The van der Waals surface area contributed by atoms with Crippen LogP contribution in [0.1, 0.15) is 25.7 Å². The number of hydrogen-bond donors (Lipinski definition) is 2. The van der Waals surface area contributed by atoms with Gasteiger partial charge in [0.1, 0.15) is 5.82 Å². The van der Waals surface area contributed by atoms with Crippen LogP contribution < -0.4 is 5.32 Å². The number of rotatable bonds is 7. The Labute approximate surface area is 109 Å². The summed E-state index contributed by atoms with van der Waals surface area (Å²) in [5.74, 6) is -0.196.